The minimum Gasteiger partial charge on any atom is -0.283 e. The molecule has 0 aliphatic rings. The number of aromatic nitrogens is 2. The molecule has 0 saturated carbocycles. The Bertz CT molecular complexity index is 1070. The molecule has 0 aliphatic carbocycles. The molecule has 0 amide bonds. The predicted octanol–water partition coefficient (Wildman–Crippen LogP) is 5.57. The normalized spacial score (nSPS) is 11.9. The van der Waals surface area contributed by atoms with E-state index in [0.717, 1.165) is 28.3 Å². The van der Waals surface area contributed by atoms with E-state index >= 15 is 0 Å². The van der Waals surface area contributed by atoms with Gasteiger partial charge < -0.3 is 0 Å². The van der Waals surface area contributed by atoms with E-state index in [1.165, 1.54) is 28.0 Å². The van der Waals surface area contributed by atoms with E-state index in [0.29, 0.717) is 15.4 Å². The number of hydrogen-bond donors (Lipinski definition) is 0. The van der Waals surface area contributed by atoms with Crippen LogP contribution in [0, 0.1) is 13.8 Å². The number of nitrogens with zero attached hydrogens (tertiary/aromatic N) is 2. The third kappa shape index (κ3) is 3.82. The molecule has 0 saturated heterocycles. The average molecular weight is 410 g/mol. The highest BCUT2D eigenvalue weighted by molar-refractivity contribution is 7.98. The van der Waals surface area contributed by atoms with Crippen molar-refractivity contribution in [1.29, 1.82) is 0 Å². The summed E-state index contributed by atoms with van der Waals surface area (Å²) in [7, 11) is 0. The van der Waals surface area contributed by atoms with Gasteiger partial charge in [-0.25, -0.2) is 4.98 Å². The lowest BCUT2D eigenvalue weighted by Crippen LogP contribution is -2.22. The first kappa shape index (κ1) is 19.7. The number of rotatable bonds is 5. The van der Waals surface area contributed by atoms with Gasteiger partial charge in [0.15, 0.2) is 5.16 Å². The standard InChI is InChI=1S/C19H17F3N2OS2/c1-4-9-24-17(25)15-11(2)12(3)27-16(15)23-18(24)26-10-13-7-5-6-8-14(13)19(20,21)22/h4-8H,1,9-10H2,2-3H3. The van der Waals surface area contributed by atoms with Gasteiger partial charge in [-0.05, 0) is 31.0 Å². The minimum atomic E-state index is -4.42. The Labute approximate surface area is 162 Å². The van der Waals surface area contributed by atoms with Crippen molar-refractivity contribution >= 4 is 33.3 Å². The second-order valence-corrected chi connectivity index (χ2v) is 8.15. The second kappa shape index (κ2) is 7.52. The number of thiophene rings is 1. The molecule has 0 atom stereocenters. The van der Waals surface area contributed by atoms with Crippen LogP contribution in [0.2, 0.25) is 0 Å². The van der Waals surface area contributed by atoms with Crippen molar-refractivity contribution in [3.8, 4) is 0 Å². The molecule has 0 aliphatic heterocycles. The molecular weight excluding hydrogens is 393 g/mol. The lowest BCUT2D eigenvalue weighted by Gasteiger charge is -2.14. The van der Waals surface area contributed by atoms with Gasteiger partial charge in [-0.2, -0.15) is 13.2 Å². The summed E-state index contributed by atoms with van der Waals surface area (Å²) in [6.45, 7) is 7.72. The number of fused-ring (bicyclic) bond motifs is 1. The molecule has 0 fully saturated rings. The summed E-state index contributed by atoms with van der Waals surface area (Å²) >= 11 is 2.54. The molecular formula is C19H17F3N2OS2. The predicted molar refractivity (Wildman–Crippen MR) is 105 cm³/mol. The van der Waals surface area contributed by atoms with Crippen LogP contribution in [-0.4, -0.2) is 9.55 Å². The average Bonchev–Trinajstić information content (AvgIpc) is 2.89. The van der Waals surface area contributed by atoms with Crippen molar-refractivity contribution in [2.45, 2.75) is 37.5 Å². The molecule has 0 radical (unpaired) electrons. The highest BCUT2D eigenvalue weighted by Gasteiger charge is 2.32. The van der Waals surface area contributed by atoms with Crippen LogP contribution in [0.4, 0.5) is 13.2 Å². The highest BCUT2D eigenvalue weighted by Crippen LogP contribution is 2.35. The van der Waals surface area contributed by atoms with Crippen molar-refractivity contribution in [3.63, 3.8) is 0 Å². The van der Waals surface area contributed by atoms with Crippen LogP contribution in [0.25, 0.3) is 10.2 Å². The van der Waals surface area contributed by atoms with Gasteiger partial charge in [0, 0.05) is 17.2 Å². The number of alkyl halides is 3. The zero-order valence-corrected chi connectivity index (χ0v) is 16.4. The van der Waals surface area contributed by atoms with Crippen molar-refractivity contribution in [1.82, 2.24) is 9.55 Å². The van der Waals surface area contributed by atoms with Crippen molar-refractivity contribution in [2.75, 3.05) is 0 Å². The lowest BCUT2D eigenvalue weighted by atomic mass is 10.1. The number of thioether (sulfide) groups is 1. The Morgan fingerprint density at radius 1 is 1.30 bits per heavy atom. The molecule has 2 heterocycles. The van der Waals surface area contributed by atoms with Gasteiger partial charge in [-0.15, -0.1) is 17.9 Å². The van der Waals surface area contributed by atoms with Crippen molar-refractivity contribution < 1.29 is 13.2 Å². The summed E-state index contributed by atoms with van der Waals surface area (Å²) in [6, 6.07) is 5.45. The van der Waals surface area contributed by atoms with Crippen LogP contribution in [-0.2, 0) is 18.5 Å². The molecule has 3 aromatic rings. The second-order valence-electron chi connectivity index (χ2n) is 6.01. The summed E-state index contributed by atoms with van der Waals surface area (Å²) < 4.78 is 41.1. The molecule has 142 valence electrons. The topological polar surface area (TPSA) is 34.9 Å². The van der Waals surface area contributed by atoms with E-state index in [1.807, 2.05) is 13.8 Å². The number of allylic oxidation sites excluding steroid dienone is 1. The summed E-state index contributed by atoms with van der Waals surface area (Å²) in [6.07, 6.45) is -2.84. The number of hydrogen-bond acceptors (Lipinski definition) is 4. The van der Waals surface area contributed by atoms with Crippen LogP contribution in [0.1, 0.15) is 21.6 Å². The molecule has 3 nitrogen and oxygen atoms in total. The van der Waals surface area contributed by atoms with Crippen LogP contribution in [0.5, 0.6) is 0 Å². The van der Waals surface area contributed by atoms with E-state index in [9.17, 15) is 18.0 Å². The van der Waals surface area contributed by atoms with Crippen LogP contribution in [0.3, 0.4) is 0 Å². The van der Waals surface area contributed by atoms with Gasteiger partial charge in [0.25, 0.3) is 5.56 Å². The van der Waals surface area contributed by atoms with Gasteiger partial charge in [0.05, 0.1) is 10.9 Å². The van der Waals surface area contributed by atoms with Crippen molar-refractivity contribution in [2.24, 2.45) is 0 Å². The molecule has 0 spiro atoms. The SMILES string of the molecule is C=CCn1c(SCc2ccccc2C(F)(F)F)nc2sc(C)c(C)c2c1=O. The van der Waals surface area contributed by atoms with Crippen LogP contribution >= 0.6 is 23.1 Å². The van der Waals surface area contributed by atoms with E-state index < -0.39 is 11.7 Å². The van der Waals surface area contributed by atoms with E-state index in [-0.39, 0.29) is 23.4 Å². The Morgan fingerprint density at radius 3 is 2.67 bits per heavy atom. The van der Waals surface area contributed by atoms with E-state index in [1.54, 1.807) is 12.1 Å². The first-order chi connectivity index (χ1) is 12.7. The maximum atomic E-state index is 13.2. The van der Waals surface area contributed by atoms with Gasteiger partial charge >= 0.3 is 6.18 Å². The van der Waals surface area contributed by atoms with Gasteiger partial charge in [-0.1, -0.05) is 36.0 Å². The Morgan fingerprint density at radius 2 is 2.00 bits per heavy atom. The Hall–Kier alpha value is -2.06. The monoisotopic (exact) mass is 410 g/mol. The number of benzene rings is 1. The highest BCUT2D eigenvalue weighted by atomic mass is 32.2. The van der Waals surface area contributed by atoms with Crippen LogP contribution < -0.4 is 5.56 Å². The number of halogens is 3. The van der Waals surface area contributed by atoms with Gasteiger partial charge in [0.2, 0.25) is 0 Å². The van der Waals surface area contributed by atoms with Crippen molar-refractivity contribution in [3.05, 3.63) is 68.8 Å². The van der Waals surface area contributed by atoms with Gasteiger partial charge in [-0.3, -0.25) is 9.36 Å². The lowest BCUT2D eigenvalue weighted by molar-refractivity contribution is -0.138. The zero-order valence-electron chi connectivity index (χ0n) is 14.8. The summed E-state index contributed by atoms with van der Waals surface area (Å²) in [5.74, 6) is 0.0636. The zero-order chi connectivity index (χ0) is 19.8. The fourth-order valence-electron chi connectivity index (χ4n) is 2.77. The maximum Gasteiger partial charge on any atom is 0.416 e. The minimum absolute atomic E-state index is 0.0636. The Kier molecular flexibility index (Phi) is 5.48. The smallest absolute Gasteiger partial charge is 0.283 e. The molecule has 2 aromatic heterocycles. The summed E-state index contributed by atoms with van der Waals surface area (Å²) in [5.41, 5.74) is 0.199. The molecule has 0 bridgehead atoms. The maximum absolute atomic E-state index is 13.2. The van der Waals surface area contributed by atoms with E-state index in [2.05, 4.69) is 11.6 Å². The number of aryl methyl sites for hydroxylation is 2. The largest absolute Gasteiger partial charge is 0.416 e. The fraction of sp³-hybridized carbons (Fsp3) is 0.263. The third-order valence-corrected chi connectivity index (χ3v) is 6.37. The van der Waals surface area contributed by atoms with Gasteiger partial charge in [0.1, 0.15) is 4.83 Å². The first-order valence-electron chi connectivity index (χ1n) is 8.13. The van der Waals surface area contributed by atoms with E-state index in [4.69, 9.17) is 0 Å². The molecule has 3 rings (SSSR count). The molecule has 27 heavy (non-hydrogen) atoms. The fourth-order valence-corrected chi connectivity index (χ4v) is 4.86. The summed E-state index contributed by atoms with van der Waals surface area (Å²) in [4.78, 5) is 19.1. The third-order valence-electron chi connectivity index (χ3n) is 4.25. The molecule has 1 aromatic carbocycles. The van der Waals surface area contributed by atoms with Crippen LogP contribution in [0.15, 0.2) is 46.9 Å². The molecule has 8 heteroatoms. The first-order valence-corrected chi connectivity index (χ1v) is 9.93. The quantitative estimate of drug-likeness (QED) is 0.313. The summed E-state index contributed by atoms with van der Waals surface area (Å²) in [5, 5.41) is 0.963. The Balaban J connectivity index is 2.04. The molecule has 0 N–H and O–H groups in total. The molecule has 0 unspecified atom stereocenters.